The fraction of sp³-hybridized carbons (Fsp3) is 0.364. The third-order valence-electron chi connectivity index (χ3n) is 1.88. The lowest BCUT2D eigenvalue weighted by molar-refractivity contribution is -0.149. The van der Waals surface area contributed by atoms with Gasteiger partial charge in [-0.1, -0.05) is 18.2 Å². The van der Waals surface area contributed by atoms with Crippen molar-refractivity contribution in [2.24, 2.45) is 0 Å². The van der Waals surface area contributed by atoms with E-state index in [0.717, 1.165) is 0 Å². The first-order valence-electron chi connectivity index (χ1n) is 4.68. The lowest BCUT2D eigenvalue weighted by atomic mass is 10.1. The Balaban J connectivity index is 2.52. The van der Waals surface area contributed by atoms with Crippen molar-refractivity contribution < 1.29 is 19.7 Å². The van der Waals surface area contributed by atoms with Crippen LogP contribution in [0.3, 0.4) is 0 Å². The molecule has 0 bridgehead atoms. The van der Waals surface area contributed by atoms with Gasteiger partial charge in [-0.15, -0.1) is 0 Å². The summed E-state index contributed by atoms with van der Waals surface area (Å²) >= 11 is 0. The number of rotatable bonds is 5. The molecule has 0 heterocycles. The van der Waals surface area contributed by atoms with E-state index in [4.69, 9.17) is 9.84 Å². The fourth-order valence-corrected chi connectivity index (χ4v) is 1.13. The summed E-state index contributed by atoms with van der Waals surface area (Å²) in [5.74, 6) is -1.88. The maximum atomic E-state index is 10.3. The van der Waals surface area contributed by atoms with E-state index < -0.39 is 11.8 Å². The molecule has 0 spiro atoms. The van der Waals surface area contributed by atoms with Gasteiger partial charge in [0.15, 0.2) is 0 Å². The Labute approximate surface area is 88.1 Å². The number of benzene rings is 1. The molecule has 4 nitrogen and oxygen atoms in total. The van der Waals surface area contributed by atoms with Crippen LogP contribution >= 0.6 is 0 Å². The highest BCUT2D eigenvalue weighted by molar-refractivity contribution is 5.66. The van der Waals surface area contributed by atoms with Crippen molar-refractivity contribution in [3.8, 4) is 5.75 Å². The standard InChI is InChI=1S/C11H14O4/c1-11(14,8-7-10(12)13)15-9-5-3-2-4-6-9/h2-6,14H,7-8H2,1H3,(H,12,13). The molecule has 0 radical (unpaired) electrons. The van der Waals surface area contributed by atoms with Crippen LogP contribution in [0.15, 0.2) is 30.3 Å². The maximum Gasteiger partial charge on any atom is 0.303 e. The molecule has 0 aliphatic heterocycles. The largest absolute Gasteiger partial charge is 0.481 e. The van der Waals surface area contributed by atoms with Crippen LogP contribution in [0.2, 0.25) is 0 Å². The molecule has 1 aromatic carbocycles. The van der Waals surface area contributed by atoms with Crippen molar-refractivity contribution in [2.45, 2.75) is 25.6 Å². The molecule has 0 aliphatic rings. The summed E-state index contributed by atoms with van der Waals surface area (Å²) in [6, 6.07) is 8.80. The minimum Gasteiger partial charge on any atom is -0.481 e. The van der Waals surface area contributed by atoms with Gasteiger partial charge in [0, 0.05) is 13.3 Å². The third-order valence-corrected chi connectivity index (χ3v) is 1.88. The Kier molecular flexibility index (Phi) is 3.68. The summed E-state index contributed by atoms with van der Waals surface area (Å²) in [4.78, 5) is 10.3. The second kappa shape index (κ2) is 4.79. The number of carboxylic acid groups (broad SMARTS) is 1. The van der Waals surface area contributed by atoms with Gasteiger partial charge in [-0.05, 0) is 12.1 Å². The van der Waals surface area contributed by atoms with Crippen molar-refractivity contribution in [1.82, 2.24) is 0 Å². The van der Waals surface area contributed by atoms with Gasteiger partial charge in [-0.2, -0.15) is 0 Å². The van der Waals surface area contributed by atoms with E-state index >= 15 is 0 Å². The van der Waals surface area contributed by atoms with E-state index in [1.54, 1.807) is 24.3 Å². The normalized spacial score (nSPS) is 14.3. The Hall–Kier alpha value is -1.55. The number of carboxylic acids is 1. The van der Waals surface area contributed by atoms with Crippen molar-refractivity contribution in [3.05, 3.63) is 30.3 Å². The topological polar surface area (TPSA) is 66.8 Å². The average Bonchev–Trinajstić information content (AvgIpc) is 2.16. The van der Waals surface area contributed by atoms with Gasteiger partial charge >= 0.3 is 5.97 Å². The Morgan fingerprint density at radius 3 is 2.53 bits per heavy atom. The Morgan fingerprint density at radius 2 is 2.00 bits per heavy atom. The van der Waals surface area contributed by atoms with E-state index in [2.05, 4.69) is 0 Å². The molecular formula is C11H14O4. The van der Waals surface area contributed by atoms with Gasteiger partial charge < -0.3 is 14.9 Å². The summed E-state index contributed by atoms with van der Waals surface area (Å²) < 4.78 is 5.24. The summed E-state index contributed by atoms with van der Waals surface area (Å²) in [6.07, 6.45) is -0.0724. The number of carbonyl (C=O) groups is 1. The molecule has 82 valence electrons. The fourth-order valence-electron chi connectivity index (χ4n) is 1.13. The third kappa shape index (κ3) is 4.46. The van der Waals surface area contributed by atoms with Gasteiger partial charge in [-0.3, -0.25) is 4.79 Å². The van der Waals surface area contributed by atoms with Crippen LogP contribution in [0.5, 0.6) is 5.75 Å². The van der Waals surface area contributed by atoms with Crippen molar-refractivity contribution in [3.63, 3.8) is 0 Å². The number of hydrogen-bond acceptors (Lipinski definition) is 3. The molecule has 15 heavy (non-hydrogen) atoms. The molecule has 1 unspecified atom stereocenters. The highest BCUT2D eigenvalue weighted by Gasteiger charge is 2.23. The van der Waals surface area contributed by atoms with E-state index in [-0.39, 0.29) is 12.8 Å². The van der Waals surface area contributed by atoms with Crippen LogP contribution in [0.1, 0.15) is 19.8 Å². The molecule has 1 atom stereocenters. The molecule has 1 rings (SSSR count). The SMILES string of the molecule is CC(O)(CCC(=O)O)Oc1ccccc1. The highest BCUT2D eigenvalue weighted by Crippen LogP contribution is 2.19. The summed E-state index contributed by atoms with van der Waals surface area (Å²) in [5.41, 5.74) is 0. The zero-order valence-corrected chi connectivity index (χ0v) is 8.51. The number of ether oxygens (including phenoxy) is 1. The first-order chi connectivity index (χ1) is 6.99. The van der Waals surface area contributed by atoms with Crippen LogP contribution in [0.4, 0.5) is 0 Å². The predicted octanol–water partition coefficient (Wildman–Crippen LogP) is 1.64. The minimum atomic E-state index is -1.44. The molecule has 0 saturated heterocycles. The first-order valence-corrected chi connectivity index (χ1v) is 4.68. The van der Waals surface area contributed by atoms with Crippen LogP contribution in [-0.2, 0) is 4.79 Å². The smallest absolute Gasteiger partial charge is 0.303 e. The second-order valence-electron chi connectivity index (χ2n) is 3.48. The van der Waals surface area contributed by atoms with Gasteiger partial charge in [0.05, 0.1) is 6.42 Å². The van der Waals surface area contributed by atoms with E-state index in [1.165, 1.54) is 6.92 Å². The molecule has 2 N–H and O–H groups in total. The molecule has 0 aliphatic carbocycles. The number of aliphatic hydroxyl groups is 1. The van der Waals surface area contributed by atoms with E-state index in [9.17, 15) is 9.90 Å². The molecule has 0 amide bonds. The summed E-state index contributed by atoms with van der Waals surface area (Å²) in [5, 5.41) is 18.2. The lowest BCUT2D eigenvalue weighted by Gasteiger charge is -2.24. The number of hydrogen-bond donors (Lipinski definition) is 2. The lowest BCUT2D eigenvalue weighted by Crippen LogP contribution is -2.32. The van der Waals surface area contributed by atoms with Gasteiger partial charge in [0.1, 0.15) is 5.75 Å². The molecule has 0 fully saturated rings. The average molecular weight is 210 g/mol. The van der Waals surface area contributed by atoms with Crippen LogP contribution < -0.4 is 4.74 Å². The first kappa shape index (κ1) is 11.5. The Bertz CT molecular complexity index is 319. The Morgan fingerprint density at radius 1 is 1.40 bits per heavy atom. The summed E-state index contributed by atoms with van der Waals surface area (Å²) in [7, 11) is 0. The van der Waals surface area contributed by atoms with E-state index in [0.29, 0.717) is 5.75 Å². The monoisotopic (exact) mass is 210 g/mol. The van der Waals surface area contributed by atoms with Crippen LogP contribution in [-0.4, -0.2) is 22.0 Å². The van der Waals surface area contributed by atoms with E-state index in [1.807, 2.05) is 6.07 Å². The van der Waals surface area contributed by atoms with Gasteiger partial charge in [0.2, 0.25) is 5.79 Å². The van der Waals surface area contributed by atoms with Gasteiger partial charge in [-0.25, -0.2) is 0 Å². The maximum absolute atomic E-state index is 10.3. The second-order valence-corrected chi connectivity index (χ2v) is 3.48. The van der Waals surface area contributed by atoms with Crippen molar-refractivity contribution >= 4 is 5.97 Å². The molecule has 0 saturated carbocycles. The van der Waals surface area contributed by atoms with Crippen LogP contribution in [0, 0.1) is 0 Å². The van der Waals surface area contributed by atoms with Crippen LogP contribution in [0.25, 0.3) is 0 Å². The van der Waals surface area contributed by atoms with Gasteiger partial charge in [0.25, 0.3) is 0 Å². The zero-order chi connectivity index (χ0) is 11.3. The summed E-state index contributed by atoms with van der Waals surface area (Å²) in [6.45, 7) is 1.45. The van der Waals surface area contributed by atoms with Crippen molar-refractivity contribution in [1.29, 1.82) is 0 Å². The predicted molar refractivity (Wildman–Crippen MR) is 54.6 cm³/mol. The number of para-hydroxylation sites is 1. The quantitative estimate of drug-likeness (QED) is 0.725. The molecular weight excluding hydrogens is 196 g/mol. The highest BCUT2D eigenvalue weighted by atomic mass is 16.6. The minimum absolute atomic E-state index is 0.0528. The molecule has 4 heteroatoms. The zero-order valence-electron chi connectivity index (χ0n) is 8.51. The van der Waals surface area contributed by atoms with Crippen molar-refractivity contribution in [2.75, 3.05) is 0 Å². The molecule has 0 aromatic heterocycles. The number of aliphatic carboxylic acids is 1. The molecule has 1 aromatic rings.